The lowest BCUT2D eigenvalue weighted by Crippen LogP contribution is -2.35. The molecule has 2 N–H and O–H groups in total. The van der Waals surface area contributed by atoms with E-state index in [1.54, 1.807) is 0 Å². The minimum atomic E-state index is 0.660. The predicted octanol–water partition coefficient (Wildman–Crippen LogP) is 0.443. The van der Waals surface area contributed by atoms with Crippen LogP contribution in [0.15, 0.2) is 6.07 Å². The second-order valence-electron chi connectivity index (χ2n) is 3.99. The van der Waals surface area contributed by atoms with E-state index in [2.05, 4.69) is 10.00 Å². The first-order valence-electron chi connectivity index (χ1n) is 4.89. The van der Waals surface area contributed by atoms with E-state index in [0.717, 1.165) is 25.7 Å². The molecule has 13 heavy (non-hydrogen) atoms. The van der Waals surface area contributed by atoms with Crippen molar-refractivity contribution in [2.75, 3.05) is 12.3 Å². The summed E-state index contributed by atoms with van der Waals surface area (Å²) in [6.45, 7) is 3.18. The molecule has 0 spiro atoms. The lowest BCUT2D eigenvalue weighted by molar-refractivity contribution is 0.204. The van der Waals surface area contributed by atoms with Crippen LogP contribution in [0.3, 0.4) is 0 Å². The number of rotatable bonds is 1. The van der Waals surface area contributed by atoms with Crippen molar-refractivity contribution in [3.05, 3.63) is 11.8 Å². The number of hydrogen-bond donors (Lipinski definition) is 1. The Kier molecular flexibility index (Phi) is 1.41. The third-order valence-corrected chi connectivity index (χ3v) is 2.91. The summed E-state index contributed by atoms with van der Waals surface area (Å²) in [6.07, 6.45) is 2.76. The lowest BCUT2D eigenvalue weighted by atomic mass is 10.3. The van der Waals surface area contributed by atoms with Crippen LogP contribution in [0, 0.1) is 0 Å². The summed E-state index contributed by atoms with van der Waals surface area (Å²) in [4.78, 5) is 2.54. The van der Waals surface area contributed by atoms with Crippen LogP contribution in [0.25, 0.3) is 0 Å². The number of hydrogen-bond acceptors (Lipinski definition) is 3. The molecule has 1 saturated carbocycles. The van der Waals surface area contributed by atoms with Gasteiger partial charge in [-0.25, -0.2) is 0 Å². The van der Waals surface area contributed by atoms with Gasteiger partial charge in [-0.1, -0.05) is 0 Å². The lowest BCUT2D eigenvalue weighted by Gasteiger charge is -2.27. The zero-order valence-corrected chi connectivity index (χ0v) is 7.61. The molecule has 70 valence electrons. The number of anilines is 1. The monoisotopic (exact) mass is 178 g/mol. The maximum Gasteiger partial charge on any atom is 0.145 e. The number of aromatic nitrogens is 2. The Balaban J connectivity index is 1.85. The molecule has 3 rings (SSSR count). The van der Waals surface area contributed by atoms with Crippen LogP contribution in [-0.2, 0) is 13.1 Å². The fourth-order valence-electron chi connectivity index (χ4n) is 2.06. The molecule has 0 atom stereocenters. The van der Waals surface area contributed by atoms with E-state index in [-0.39, 0.29) is 0 Å². The zero-order valence-electron chi connectivity index (χ0n) is 7.61. The summed E-state index contributed by atoms with van der Waals surface area (Å²) < 4.78 is 2.04. The molecule has 1 fully saturated rings. The topological polar surface area (TPSA) is 47.1 Å². The van der Waals surface area contributed by atoms with Crippen LogP contribution < -0.4 is 5.73 Å². The van der Waals surface area contributed by atoms with E-state index in [1.807, 2.05) is 10.7 Å². The highest BCUT2D eigenvalue weighted by Crippen LogP contribution is 2.30. The Bertz CT molecular complexity index is 326. The normalized spacial score (nSPS) is 23.1. The highest BCUT2D eigenvalue weighted by molar-refractivity contribution is 5.30. The second kappa shape index (κ2) is 2.48. The Morgan fingerprint density at radius 1 is 1.38 bits per heavy atom. The van der Waals surface area contributed by atoms with Gasteiger partial charge in [0.15, 0.2) is 0 Å². The molecule has 4 heteroatoms. The Morgan fingerprint density at radius 3 is 3.00 bits per heavy atom. The maximum absolute atomic E-state index is 5.65. The highest BCUT2D eigenvalue weighted by Gasteiger charge is 2.31. The first-order valence-corrected chi connectivity index (χ1v) is 4.89. The van der Waals surface area contributed by atoms with Crippen molar-refractivity contribution in [3.63, 3.8) is 0 Å². The van der Waals surface area contributed by atoms with Crippen LogP contribution in [0.1, 0.15) is 18.5 Å². The van der Waals surface area contributed by atoms with Gasteiger partial charge in [0.05, 0.1) is 12.2 Å². The zero-order chi connectivity index (χ0) is 8.84. The molecule has 0 amide bonds. The standard InChI is InChI=1S/C9H14N4/c10-9-5-8-6-12(7-1-2-7)3-4-13(8)11-9/h5,7H,1-4,6H2,(H2,10,11). The van der Waals surface area contributed by atoms with Crippen molar-refractivity contribution >= 4 is 5.82 Å². The SMILES string of the molecule is Nc1cc2n(n1)CCN(C1CC1)C2. The molecular weight excluding hydrogens is 164 g/mol. The smallest absolute Gasteiger partial charge is 0.145 e. The highest BCUT2D eigenvalue weighted by atomic mass is 15.4. The fraction of sp³-hybridized carbons (Fsp3) is 0.667. The number of fused-ring (bicyclic) bond motifs is 1. The third kappa shape index (κ3) is 1.21. The molecule has 4 nitrogen and oxygen atoms in total. The fourth-order valence-corrected chi connectivity index (χ4v) is 2.06. The Morgan fingerprint density at radius 2 is 2.23 bits per heavy atom. The maximum atomic E-state index is 5.65. The number of nitrogens with zero attached hydrogens (tertiary/aromatic N) is 3. The quantitative estimate of drug-likeness (QED) is 0.679. The summed E-state index contributed by atoms with van der Waals surface area (Å²) in [5.74, 6) is 0.660. The van der Waals surface area contributed by atoms with Gasteiger partial charge in [-0.05, 0) is 12.8 Å². The number of nitrogens with two attached hydrogens (primary N) is 1. The van der Waals surface area contributed by atoms with Crippen molar-refractivity contribution in [2.45, 2.75) is 32.0 Å². The van der Waals surface area contributed by atoms with Crippen LogP contribution in [0.5, 0.6) is 0 Å². The molecule has 2 aliphatic rings. The Hall–Kier alpha value is -1.03. The summed E-state index contributed by atoms with van der Waals surface area (Å²) in [5, 5.41) is 4.23. The number of nitrogen functional groups attached to an aromatic ring is 1. The summed E-state index contributed by atoms with van der Waals surface area (Å²) in [5.41, 5.74) is 6.92. The molecule has 0 unspecified atom stereocenters. The van der Waals surface area contributed by atoms with Crippen LogP contribution in [-0.4, -0.2) is 27.3 Å². The van der Waals surface area contributed by atoms with Gasteiger partial charge in [-0.2, -0.15) is 5.10 Å². The van der Waals surface area contributed by atoms with E-state index >= 15 is 0 Å². The van der Waals surface area contributed by atoms with Crippen molar-refractivity contribution < 1.29 is 0 Å². The average Bonchev–Trinajstić information content (AvgIpc) is 2.87. The minimum Gasteiger partial charge on any atom is -0.382 e. The predicted molar refractivity (Wildman–Crippen MR) is 50.1 cm³/mol. The van der Waals surface area contributed by atoms with Gasteiger partial charge in [0.25, 0.3) is 0 Å². The van der Waals surface area contributed by atoms with Gasteiger partial charge >= 0.3 is 0 Å². The molecule has 0 radical (unpaired) electrons. The van der Waals surface area contributed by atoms with Crippen LogP contribution >= 0.6 is 0 Å². The van der Waals surface area contributed by atoms with E-state index < -0.39 is 0 Å². The van der Waals surface area contributed by atoms with Crippen molar-refractivity contribution in [1.29, 1.82) is 0 Å². The van der Waals surface area contributed by atoms with Crippen molar-refractivity contribution in [3.8, 4) is 0 Å². The molecule has 0 aromatic carbocycles. The summed E-state index contributed by atoms with van der Waals surface area (Å²) in [6, 6.07) is 2.85. The van der Waals surface area contributed by atoms with Gasteiger partial charge in [-0.15, -0.1) is 0 Å². The largest absolute Gasteiger partial charge is 0.382 e. The molecule has 1 aromatic rings. The summed E-state index contributed by atoms with van der Waals surface area (Å²) in [7, 11) is 0. The summed E-state index contributed by atoms with van der Waals surface area (Å²) >= 11 is 0. The van der Waals surface area contributed by atoms with Crippen LogP contribution in [0.2, 0.25) is 0 Å². The first-order chi connectivity index (χ1) is 6.33. The molecule has 1 aromatic heterocycles. The molecule has 2 heterocycles. The first kappa shape index (κ1) is 7.38. The van der Waals surface area contributed by atoms with Gasteiger partial charge < -0.3 is 5.73 Å². The Labute approximate surface area is 77.3 Å². The van der Waals surface area contributed by atoms with Gasteiger partial charge in [0.1, 0.15) is 5.82 Å². The van der Waals surface area contributed by atoms with Gasteiger partial charge in [-0.3, -0.25) is 9.58 Å². The van der Waals surface area contributed by atoms with E-state index in [9.17, 15) is 0 Å². The molecule has 0 saturated heterocycles. The third-order valence-electron chi connectivity index (χ3n) is 2.91. The molecular formula is C9H14N4. The van der Waals surface area contributed by atoms with Crippen molar-refractivity contribution in [1.82, 2.24) is 14.7 Å². The second-order valence-corrected chi connectivity index (χ2v) is 3.99. The van der Waals surface area contributed by atoms with Gasteiger partial charge in [0, 0.05) is 25.2 Å². The van der Waals surface area contributed by atoms with E-state index in [0.29, 0.717) is 5.82 Å². The molecule has 1 aliphatic heterocycles. The molecule has 1 aliphatic carbocycles. The van der Waals surface area contributed by atoms with Crippen LogP contribution in [0.4, 0.5) is 5.82 Å². The van der Waals surface area contributed by atoms with E-state index in [4.69, 9.17) is 5.73 Å². The average molecular weight is 178 g/mol. The minimum absolute atomic E-state index is 0.660. The van der Waals surface area contributed by atoms with E-state index in [1.165, 1.54) is 18.5 Å². The van der Waals surface area contributed by atoms with Crippen molar-refractivity contribution in [2.24, 2.45) is 0 Å². The molecule has 0 bridgehead atoms. The van der Waals surface area contributed by atoms with Gasteiger partial charge in [0.2, 0.25) is 0 Å².